The van der Waals surface area contributed by atoms with Gasteiger partial charge in [-0.2, -0.15) is 5.26 Å². The number of carbonyl (C=O) groups is 2. The molecule has 2 heterocycles. The van der Waals surface area contributed by atoms with Gasteiger partial charge in [-0.25, -0.2) is 0 Å². The van der Waals surface area contributed by atoms with Crippen molar-refractivity contribution in [1.29, 1.82) is 5.26 Å². The maximum absolute atomic E-state index is 13.2. The molecule has 34 heavy (non-hydrogen) atoms. The van der Waals surface area contributed by atoms with Gasteiger partial charge in [0.2, 0.25) is 0 Å². The topological polar surface area (TPSA) is 117 Å². The summed E-state index contributed by atoms with van der Waals surface area (Å²) < 4.78 is 5.81. The van der Waals surface area contributed by atoms with Crippen molar-refractivity contribution in [1.82, 2.24) is 4.90 Å². The molecule has 0 unspecified atom stereocenters. The predicted octanol–water partition coefficient (Wildman–Crippen LogP) is 4.96. The lowest BCUT2D eigenvalue weighted by molar-refractivity contribution is -0.384. The quantitative estimate of drug-likeness (QED) is 0.233. The number of nitro groups is 1. The van der Waals surface area contributed by atoms with Crippen LogP contribution in [0.5, 0.6) is 0 Å². The second-order valence-corrected chi connectivity index (χ2v) is 7.83. The zero-order valence-electron chi connectivity index (χ0n) is 18.4. The minimum Gasteiger partial charge on any atom is -0.456 e. The smallest absolute Gasteiger partial charge is 0.280 e. The predicted molar refractivity (Wildman–Crippen MR) is 124 cm³/mol. The first-order chi connectivity index (χ1) is 16.3. The lowest BCUT2D eigenvalue weighted by Crippen LogP contribution is -2.42. The molecule has 8 heteroatoms. The first-order valence-corrected chi connectivity index (χ1v) is 10.4. The number of hydrogen-bond donors (Lipinski definition) is 0. The molecule has 0 spiro atoms. The third-order valence-electron chi connectivity index (χ3n) is 5.54. The Morgan fingerprint density at radius 3 is 2.47 bits per heavy atom. The van der Waals surface area contributed by atoms with E-state index in [1.54, 1.807) is 55.5 Å². The summed E-state index contributed by atoms with van der Waals surface area (Å²) in [5.74, 6) is -0.675. The molecule has 0 N–H and O–H groups in total. The molecule has 3 aromatic rings. The van der Waals surface area contributed by atoms with Crippen LogP contribution in [0.3, 0.4) is 0 Å². The fourth-order valence-corrected chi connectivity index (χ4v) is 3.76. The van der Waals surface area contributed by atoms with Crippen molar-refractivity contribution < 1.29 is 18.9 Å². The van der Waals surface area contributed by atoms with E-state index in [-0.39, 0.29) is 40.5 Å². The number of nitrogens with zero attached hydrogens (tertiary/aromatic N) is 3. The van der Waals surface area contributed by atoms with Gasteiger partial charge in [0.15, 0.2) is 0 Å². The van der Waals surface area contributed by atoms with Gasteiger partial charge in [-0.05, 0) is 54.8 Å². The fraction of sp³-hybridized carbons (Fsp3) is 0.115. The highest BCUT2D eigenvalue weighted by atomic mass is 16.6. The lowest BCUT2D eigenvalue weighted by atomic mass is 9.94. The molecule has 1 aliphatic heterocycles. The molecule has 2 amide bonds. The van der Waals surface area contributed by atoms with Gasteiger partial charge in [-0.1, -0.05) is 36.4 Å². The van der Waals surface area contributed by atoms with Crippen LogP contribution in [-0.4, -0.2) is 21.6 Å². The Labute approximate surface area is 195 Å². The van der Waals surface area contributed by atoms with E-state index in [0.29, 0.717) is 5.56 Å². The normalized spacial score (nSPS) is 15.1. The average molecular weight is 453 g/mol. The molecule has 0 bridgehead atoms. The summed E-state index contributed by atoms with van der Waals surface area (Å²) in [6.07, 6.45) is 1.45. The number of furan rings is 1. The number of imide groups is 1. The molecule has 0 saturated heterocycles. The number of rotatable bonds is 5. The van der Waals surface area contributed by atoms with Crippen molar-refractivity contribution in [2.75, 3.05) is 0 Å². The second-order valence-electron chi connectivity index (χ2n) is 7.83. The third-order valence-corrected chi connectivity index (χ3v) is 5.54. The van der Waals surface area contributed by atoms with Crippen LogP contribution in [0.15, 0.2) is 81.8 Å². The van der Waals surface area contributed by atoms with Crippen molar-refractivity contribution in [3.8, 4) is 17.4 Å². The van der Waals surface area contributed by atoms with Crippen molar-refractivity contribution in [3.63, 3.8) is 0 Å². The zero-order chi connectivity index (χ0) is 24.4. The van der Waals surface area contributed by atoms with Crippen LogP contribution < -0.4 is 0 Å². The largest absolute Gasteiger partial charge is 0.456 e. The Balaban J connectivity index is 1.74. The van der Waals surface area contributed by atoms with Crippen LogP contribution in [0.4, 0.5) is 5.69 Å². The van der Waals surface area contributed by atoms with Crippen LogP contribution in [0.2, 0.25) is 0 Å². The standard InChI is InChI=1S/C26H19N3O5/c1-16-8-10-20(23(12-16)29(32)33)24-11-9-19(34-24)13-21-17(2)22(14-27)26(31)28(25(21)30)15-18-6-4-3-5-7-18/h3-13H,15H2,1-2H3/b21-13+. The highest BCUT2D eigenvalue weighted by Gasteiger charge is 2.35. The molecule has 0 radical (unpaired) electrons. The number of carbonyl (C=O) groups excluding carboxylic acids is 2. The highest BCUT2D eigenvalue weighted by molar-refractivity contribution is 6.19. The summed E-state index contributed by atoms with van der Waals surface area (Å²) in [5, 5.41) is 21.0. The van der Waals surface area contributed by atoms with Gasteiger partial charge in [0.25, 0.3) is 17.5 Å². The van der Waals surface area contributed by atoms with E-state index in [1.807, 2.05) is 12.1 Å². The Hall–Kier alpha value is -4.77. The number of nitro benzene ring substituents is 1. The van der Waals surface area contributed by atoms with Gasteiger partial charge in [-0.3, -0.25) is 24.6 Å². The van der Waals surface area contributed by atoms with Crippen LogP contribution in [-0.2, 0) is 16.1 Å². The van der Waals surface area contributed by atoms with E-state index in [1.165, 1.54) is 19.1 Å². The summed E-state index contributed by atoms with van der Waals surface area (Å²) >= 11 is 0. The van der Waals surface area contributed by atoms with E-state index in [2.05, 4.69) is 0 Å². The summed E-state index contributed by atoms with van der Waals surface area (Å²) in [5.41, 5.74) is 1.97. The number of benzene rings is 2. The number of hydrogen-bond acceptors (Lipinski definition) is 6. The highest BCUT2D eigenvalue weighted by Crippen LogP contribution is 2.34. The van der Waals surface area contributed by atoms with E-state index < -0.39 is 16.7 Å². The third kappa shape index (κ3) is 4.14. The summed E-state index contributed by atoms with van der Waals surface area (Å²) in [7, 11) is 0. The molecule has 4 rings (SSSR count). The van der Waals surface area contributed by atoms with E-state index >= 15 is 0 Å². The minimum absolute atomic E-state index is 0.0211. The van der Waals surface area contributed by atoms with Crippen molar-refractivity contribution in [3.05, 3.63) is 104 Å². The van der Waals surface area contributed by atoms with Crippen molar-refractivity contribution in [2.24, 2.45) is 0 Å². The molecule has 0 aliphatic carbocycles. The van der Waals surface area contributed by atoms with Gasteiger partial charge < -0.3 is 4.42 Å². The Kier molecular flexibility index (Phi) is 5.94. The maximum Gasteiger partial charge on any atom is 0.280 e. The van der Waals surface area contributed by atoms with Gasteiger partial charge >= 0.3 is 0 Å². The van der Waals surface area contributed by atoms with Crippen molar-refractivity contribution >= 4 is 23.6 Å². The molecule has 0 fully saturated rings. The first-order valence-electron chi connectivity index (χ1n) is 10.4. The number of nitriles is 1. The minimum atomic E-state index is -0.651. The molecule has 0 saturated carbocycles. The average Bonchev–Trinajstić information content (AvgIpc) is 3.29. The summed E-state index contributed by atoms with van der Waals surface area (Å²) in [6, 6.07) is 18.9. The SMILES string of the molecule is CC1=C(C#N)C(=O)N(Cc2ccccc2)C(=O)/C1=C/c1ccc(-c2ccc(C)cc2[N+](=O)[O-])o1. The molecule has 2 aromatic carbocycles. The van der Waals surface area contributed by atoms with Crippen LogP contribution in [0.1, 0.15) is 23.8 Å². The fourth-order valence-electron chi connectivity index (χ4n) is 3.76. The monoisotopic (exact) mass is 453 g/mol. The summed E-state index contributed by atoms with van der Waals surface area (Å²) in [4.78, 5) is 38.1. The Morgan fingerprint density at radius 2 is 1.79 bits per heavy atom. The molecule has 168 valence electrons. The van der Waals surface area contributed by atoms with Crippen LogP contribution in [0.25, 0.3) is 17.4 Å². The van der Waals surface area contributed by atoms with Crippen LogP contribution >= 0.6 is 0 Å². The van der Waals surface area contributed by atoms with Gasteiger partial charge in [0.05, 0.1) is 17.0 Å². The zero-order valence-corrected chi connectivity index (χ0v) is 18.4. The Morgan fingerprint density at radius 1 is 1.06 bits per heavy atom. The lowest BCUT2D eigenvalue weighted by Gasteiger charge is -2.27. The Bertz CT molecular complexity index is 1420. The van der Waals surface area contributed by atoms with Gasteiger partial charge in [0, 0.05) is 11.6 Å². The molecular formula is C26H19N3O5. The molecule has 1 aromatic heterocycles. The van der Waals surface area contributed by atoms with Crippen molar-refractivity contribution in [2.45, 2.75) is 20.4 Å². The van der Waals surface area contributed by atoms with Gasteiger partial charge in [-0.15, -0.1) is 0 Å². The van der Waals surface area contributed by atoms with Crippen LogP contribution in [0, 0.1) is 28.4 Å². The number of aryl methyl sites for hydroxylation is 1. The maximum atomic E-state index is 13.2. The number of amides is 2. The van der Waals surface area contributed by atoms with Gasteiger partial charge in [0.1, 0.15) is 23.2 Å². The first kappa shape index (κ1) is 22.4. The second kappa shape index (κ2) is 9.00. The van der Waals surface area contributed by atoms with E-state index in [4.69, 9.17) is 4.42 Å². The molecule has 0 atom stereocenters. The van der Waals surface area contributed by atoms with E-state index in [0.717, 1.165) is 16.0 Å². The molecule has 1 aliphatic rings. The molecular weight excluding hydrogens is 434 g/mol. The van der Waals surface area contributed by atoms with E-state index in [9.17, 15) is 25.0 Å². The summed E-state index contributed by atoms with van der Waals surface area (Å²) in [6.45, 7) is 3.32. The molecule has 8 nitrogen and oxygen atoms in total.